The number of hydrogen-bond acceptors (Lipinski definition) is 13. The van der Waals surface area contributed by atoms with E-state index in [1.807, 2.05) is 104 Å². The van der Waals surface area contributed by atoms with Crippen molar-refractivity contribution in [2.24, 2.45) is 72.9 Å². The number of esters is 6. The first-order valence-electron chi connectivity index (χ1n) is 37.2. The predicted octanol–water partition coefficient (Wildman–Crippen LogP) is 24.3. The molecule has 13 nitrogen and oxygen atoms in total. The Bertz CT molecular complexity index is 1890. The standard InChI is InChI=1S/C13H24O2.2C12H24O2.2C11H22O2.C10H20O3.C7H16.C6H14.CH4/c1-10(9-13(2,3)4)15-12(14)11-7-5-6-8-11;1-9(2)7-11(13)14-10(3)8-12(4,5)6;1-10(2)9-11(13)14-8-6-7-12(3,4)5;1-8(2)10(12)13-9(3)7-11(4,5)6;1-9(2)8-10(12)13-7-6-11(3,4)5;1-5-6-12-7-9(11)13-8-10(2,3)4;1-5-6-7(2,3)4;1-5-6(2,3)4;/h10-11H,5-9H2,1-4H3;9-10H,7-8H2,1-6H3;10H,6-9H2,1-5H3;8-9H,7H2,1-6H3;9H,6-8H2,1-5H3;5-8H2,1-4H3;5-6H2,1-4H3;5H2,1-4H3;1H4. The van der Waals surface area contributed by atoms with E-state index < -0.39 is 0 Å². The number of carbonyl (C=O) groups is 6. The SMILES string of the molecule is C.CC(C)CC(=O)OC(C)CC(C)(C)C.CC(C)CC(=O)OCCC(C)(C)C.CC(C)CC(=O)OCCCC(C)(C)C.CC(CC(C)(C)C)OC(=O)C(C)C.CC(CC(C)(C)C)OC(=O)C1CCCC1.CCC(C)(C)C.CCCC(C)(C)C.CCCOCC(=O)OCC(C)(C)C. The summed E-state index contributed by atoms with van der Waals surface area (Å²) < 4.78 is 36.2. The number of hydrogen-bond donors (Lipinski definition) is 0. The molecule has 1 rings (SSSR count). The van der Waals surface area contributed by atoms with Crippen LogP contribution in [0.25, 0.3) is 0 Å². The van der Waals surface area contributed by atoms with Crippen molar-refractivity contribution in [3.8, 4) is 0 Å². The lowest BCUT2D eigenvalue weighted by molar-refractivity contribution is -0.154. The van der Waals surface area contributed by atoms with Crippen molar-refractivity contribution in [2.45, 2.75) is 398 Å². The van der Waals surface area contributed by atoms with E-state index in [-0.39, 0.29) is 107 Å². The van der Waals surface area contributed by atoms with Crippen molar-refractivity contribution < 1.29 is 61.9 Å². The summed E-state index contributed by atoms with van der Waals surface area (Å²) in [7, 11) is 0. The highest BCUT2D eigenvalue weighted by Gasteiger charge is 2.27. The predicted molar refractivity (Wildman–Crippen MR) is 411 cm³/mol. The summed E-state index contributed by atoms with van der Waals surface area (Å²) in [4.78, 5) is 67.6. The molecule has 0 spiro atoms. The normalized spacial score (nSPS) is 13.7. The molecular weight excluding hydrogens is 1200 g/mol. The molecular formula is C83H170O13. The maximum Gasteiger partial charge on any atom is 0.332 e. The summed E-state index contributed by atoms with van der Waals surface area (Å²) in [5.41, 5.74) is 2.38. The van der Waals surface area contributed by atoms with Crippen LogP contribution in [0.15, 0.2) is 0 Å². The molecule has 1 aliphatic rings. The molecule has 0 saturated heterocycles. The summed E-state index contributed by atoms with van der Waals surface area (Å²) in [6.07, 6.45) is 16.7. The van der Waals surface area contributed by atoms with E-state index in [0.29, 0.717) is 79.7 Å². The largest absolute Gasteiger partial charge is 0.466 e. The first-order valence-corrected chi connectivity index (χ1v) is 37.2. The van der Waals surface area contributed by atoms with E-state index in [9.17, 15) is 28.8 Å². The summed E-state index contributed by atoms with van der Waals surface area (Å²) in [6, 6.07) is 0. The zero-order valence-corrected chi connectivity index (χ0v) is 70.5. The number of carbonyl (C=O) groups excluding carboxylic acids is 6. The minimum absolute atomic E-state index is 0. The Balaban J connectivity index is -0.000000155. The smallest absolute Gasteiger partial charge is 0.332 e. The molecule has 0 heterocycles. The Hall–Kier alpha value is -3.22. The van der Waals surface area contributed by atoms with Crippen LogP contribution in [0.4, 0.5) is 0 Å². The Morgan fingerprint density at radius 3 is 1.03 bits per heavy atom. The summed E-state index contributed by atoms with van der Waals surface area (Å²) in [5, 5.41) is 0. The van der Waals surface area contributed by atoms with E-state index in [1.54, 1.807) is 0 Å². The molecule has 0 aromatic carbocycles. The van der Waals surface area contributed by atoms with E-state index in [4.69, 9.17) is 33.2 Å². The van der Waals surface area contributed by atoms with Gasteiger partial charge in [0.2, 0.25) is 0 Å². The van der Waals surface area contributed by atoms with Gasteiger partial charge in [0.05, 0.1) is 50.0 Å². The molecule has 13 heteroatoms. The van der Waals surface area contributed by atoms with Gasteiger partial charge in [-0.25, -0.2) is 4.79 Å². The lowest BCUT2D eigenvalue weighted by Crippen LogP contribution is -2.24. The maximum absolute atomic E-state index is 11.7. The molecule has 0 radical (unpaired) electrons. The molecule has 580 valence electrons. The van der Waals surface area contributed by atoms with Gasteiger partial charge >= 0.3 is 35.8 Å². The van der Waals surface area contributed by atoms with Crippen molar-refractivity contribution in [1.82, 2.24) is 0 Å². The van der Waals surface area contributed by atoms with E-state index in [0.717, 1.165) is 57.8 Å². The molecule has 96 heavy (non-hydrogen) atoms. The van der Waals surface area contributed by atoms with Gasteiger partial charge in [0.1, 0.15) is 6.61 Å². The lowest BCUT2D eigenvalue weighted by Gasteiger charge is -2.24. The zero-order chi connectivity index (χ0) is 76.6. The first kappa shape index (κ1) is 109. The van der Waals surface area contributed by atoms with Crippen LogP contribution in [0.3, 0.4) is 0 Å². The van der Waals surface area contributed by atoms with Crippen molar-refractivity contribution in [1.29, 1.82) is 0 Å². The van der Waals surface area contributed by atoms with Crippen LogP contribution in [0.1, 0.15) is 380 Å². The van der Waals surface area contributed by atoms with Gasteiger partial charge in [0.25, 0.3) is 0 Å². The maximum atomic E-state index is 11.7. The molecule has 1 fully saturated rings. The van der Waals surface area contributed by atoms with Crippen molar-refractivity contribution in [2.75, 3.05) is 33.0 Å². The van der Waals surface area contributed by atoms with Crippen LogP contribution < -0.4 is 0 Å². The first-order chi connectivity index (χ1) is 42.5. The molecule has 1 aliphatic carbocycles. The number of rotatable bonds is 25. The molecule has 3 unspecified atom stereocenters. The highest BCUT2D eigenvalue weighted by atomic mass is 16.6. The number of ether oxygens (including phenoxy) is 7. The molecule has 3 atom stereocenters. The highest BCUT2D eigenvalue weighted by molar-refractivity contribution is 5.73. The molecule has 1 saturated carbocycles. The van der Waals surface area contributed by atoms with Gasteiger partial charge in [-0.3, -0.25) is 24.0 Å². The Labute approximate surface area is 598 Å². The van der Waals surface area contributed by atoms with Crippen molar-refractivity contribution in [3.63, 3.8) is 0 Å². The monoisotopic (exact) mass is 1380 g/mol. The van der Waals surface area contributed by atoms with Crippen LogP contribution in [0.2, 0.25) is 0 Å². The zero-order valence-electron chi connectivity index (χ0n) is 70.5. The fourth-order valence-electron chi connectivity index (χ4n) is 8.54. The van der Waals surface area contributed by atoms with E-state index >= 15 is 0 Å². The van der Waals surface area contributed by atoms with Crippen molar-refractivity contribution >= 4 is 35.8 Å². The Morgan fingerprint density at radius 2 is 0.729 bits per heavy atom. The summed E-state index contributed by atoms with van der Waals surface area (Å²) >= 11 is 0. The van der Waals surface area contributed by atoms with Gasteiger partial charge in [-0.05, 0) is 146 Å². The van der Waals surface area contributed by atoms with Gasteiger partial charge < -0.3 is 33.2 Å². The quantitative estimate of drug-likeness (QED) is 0.0482. The van der Waals surface area contributed by atoms with Crippen LogP contribution in [0.5, 0.6) is 0 Å². The average molecular weight is 1380 g/mol. The second-order valence-electron chi connectivity index (χ2n) is 37.9. The lowest BCUT2D eigenvalue weighted by atomic mass is 9.89. The average Bonchev–Trinajstić information content (AvgIpc) is 2.22. The van der Waals surface area contributed by atoms with Crippen LogP contribution >= 0.6 is 0 Å². The molecule has 0 amide bonds. The van der Waals surface area contributed by atoms with Crippen molar-refractivity contribution in [3.05, 3.63) is 0 Å². The Kier molecular flexibility index (Phi) is 63.9. The fraction of sp³-hybridized carbons (Fsp3) is 0.928. The topological polar surface area (TPSA) is 167 Å². The second kappa shape index (κ2) is 56.4. The Morgan fingerprint density at radius 1 is 0.375 bits per heavy atom. The van der Waals surface area contributed by atoms with Gasteiger partial charge in [-0.1, -0.05) is 275 Å². The van der Waals surface area contributed by atoms with E-state index in [2.05, 4.69) is 159 Å². The summed E-state index contributed by atoms with van der Waals surface area (Å²) in [5.74, 6) is 0.778. The molecule has 0 bridgehead atoms. The van der Waals surface area contributed by atoms with Crippen LogP contribution in [-0.2, 0) is 61.9 Å². The van der Waals surface area contributed by atoms with Gasteiger partial charge in [-0.2, -0.15) is 0 Å². The minimum atomic E-state index is -0.275. The molecule has 0 N–H and O–H groups in total. The highest BCUT2D eigenvalue weighted by Crippen LogP contribution is 2.29. The van der Waals surface area contributed by atoms with E-state index in [1.165, 1.54) is 32.1 Å². The third kappa shape index (κ3) is 104. The van der Waals surface area contributed by atoms with Gasteiger partial charge in [0, 0.05) is 25.9 Å². The molecule has 0 aromatic rings. The fourth-order valence-corrected chi connectivity index (χ4v) is 8.54. The third-order valence-electron chi connectivity index (χ3n) is 13.3. The summed E-state index contributed by atoms with van der Waals surface area (Å²) in [6.45, 7) is 82.5. The molecule has 0 aromatic heterocycles. The minimum Gasteiger partial charge on any atom is -0.466 e. The van der Waals surface area contributed by atoms with Gasteiger partial charge in [0.15, 0.2) is 0 Å². The second-order valence-corrected chi connectivity index (χ2v) is 37.9. The third-order valence-corrected chi connectivity index (χ3v) is 13.3. The molecule has 0 aliphatic heterocycles. The van der Waals surface area contributed by atoms with Gasteiger partial charge in [-0.15, -0.1) is 0 Å². The van der Waals surface area contributed by atoms with Crippen LogP contribution in [0, 0.1) is 72.9 Å². The van der Waals surface area contributed by atoms with Crippen LogP contribution in [-0.4, -0.2) is 87.2 Å².